The molecule has 2 aromatic rings. The fraction of sp³-hybridized carbons (Fsp3) is 0.467. The summed E-state index contributed by atoms with van der Waals surface area (Å²) in [7, 11) is 2.00. The maximum absolute atomic E-state index is 5.59. The van der Waals surface area contributed by atoms with E-state index in [2.05, 4.69) is 16.4 Å². The SMILES string of the molecule is CN(Cc1nc2ccccc2s1)C(=S)NC[C@@H]1CCCO1. The van der Waals surface area contributed by atoms with E-state index in [-0.39, 0.29) is 0 Å². The number of thiazole rings is 1. The van der Waals surface area contributed by atoms with Crippen molar-refractivity contribution < 1.29 is 4.74 Å². The van der Waals surface area contributed by atoms with E-state index in [4.69, 9.17) is 17.0 Å². The lowest BCUT2D eigenvalue weighted by Gasteiger charge is -2.21. The molecule has 3 rings (SSSR count). The fourth-order valence-electron chi connectivity index (χ4n) is 2.40. The van der Waals surface area contributed by atoms with Crippen molar-refractivity contribution in [3.63, 3.8) is 0 Å². The molecule has 4 nitrogen and oxygen atoms in total. The van der Waals surface area contributed by atoms with Gasteiger partial charge in [0.15, 0.2) is 5.11 Å². The highest BCUT2D eigenvalue weighted by atomic mass is 32.1. The summed E-state index contributed by atoms with van der Waals surface area (Å²) in [5.74, 6) is 0. The summed E-state index contributed by atoms with van der Waals surface area (Å²) < 4.78 is 6.81. The number of ether oxygens (including phenoxy) is 1. The largest absolute Gasteiger partial charge is 0.376 e. The number of rotatable bonds is 4. The van der Waals surface area contributed by atoms with Crippen LogP contribution in [-0.4, -0.2) is 41.3 Å². The minimum absolute atomic E-state index is 0.304. The summed E-state index contributed by atoms with van der Waals surface area (Å²) in [5.41, 5.74) is 1.06. The van der Waals surface area contributed by atoms with Crippen LogP contribution in [0.2, 0.25) is 0 Å². The van der Waals surface area contributed by atoms with Crippen LogP contribution < -0.4 is 5.32 Å². The maximum Gasteiger partial charge on any atom is 0.169 e. The smallest absolute Gasteiger partial charge is 0.169 e. The van der Waals surface area contributed by atoms with Gasteiger partial charge in [-0.3, -0.25) is 0 Å². The Morgan fingerprint density at radius 1 is 1.52 bits per heavy atom. The van der Waals surface area contributed by atoms with Gasteiger partial charge in [0.05, 0.1) is 22.9 Å². The van der Waals surface area contributed by atoms with Crippen molar-refractivity contribution in [2.45, 2.75) is 25.5 Å². The van der Waals surface area contributed by atoms with Crippen molar-refractivity contribution in [3.8, 4) is 0 Å². The van der Waals surface area contributed by atoms with Crippen LogP contribution in [0.3, 0.4) is 0 Å². The second-order valence-electron chi connectivity index (χ2n) is 5.25. The minimum Gasteiger partial charge on any atom is -0.376 e. The average Bonchev–Trinajstić information content (AvgIpc) is 3.13. The van der Waals surface area contributed by atoms with E-state index in [9.17, 15) is 0 Å². The Balaban J connectivity index is 1.54. The zero-order valence-corrected chi connectivity index (χ0v) is 13.7. The first-order valence-electron chi connectivity index (χ1n) is 7.17. The molecule has 21 heavy (non-hydrogen) atoms. The van der Waals surface area contributed by atoms with Crippen molar-refractivity contribution in [1.29, 1.82) is 0 Å². The van der Waals surface area contributed by atoms with E-state index in [1.165, 1.54) is 4.70 Å². The van der Waals surface area contributed by atoms with E-state index in [1.54, 1.807) is 11.3 Å². The van der Waals surface area contributed by atoms with Gasteiger partial charge in [0, 0.05) is 20.2 Å². The normalized spacial score (nSPS) is 18.0. The molecule has 0 unspecified atom stereocenters. The van der Waals surface area contributed by atoms with Crippen molar-refractivity contribution in [3.05, 3.63) is 29.3 Å². The van der Waals surface area contributed by atoms with Gasteiger partial charge in [-0.1, -0.05) is 12.1 Å². The molecule has 0 bridgehead atoms. The quantitative estimate of drug-likeness (QED) is 0.877. The van der Waals surface area contributed by atoms with Gasteiger partial charge in [-0.05, 0) is 37.2 Å². The Bertz CT molecular complexity index is 589. The standard InChI is InChI=1S/C15H19N3OS2/c1-18(15(20)16-9-11-5-4-8-19-11)10-14-17-12-6-2-3-7-13(12)21-14/h2-3,6-7,11H,4-5,8-10H2,1H3,(H,16,20)/t11-/m0/s1. The third-order valence-electron chi connectivity index (χ3n) is 3.56. The summed E-state index contributed by atoms with van der Waals surface area (Å²) in [6.07, 6.45) is 2.58. The number of hydrogen-bond donors (Lipinski definition) is 1. The highest BCUT2D eigenvalue weighted by Gasteiger charge is 2.16. The van der Waals surface area contributed by atoms with Crippen LogP contribution in [0, 0.1) is 0 Å². The fourth-order valence-corrected chi connectivity index (χ4v) is 3.57. The Morgan fingerprint density at radius 3 is 3.14 bits per heavy atom. The van der Waals surface area contributed by atoms with Gasteiger partial charge in [-0.15, -0.1) is 11.3 Å². The molecule has 0 radical (unpaired) electrons. The summed E-state index contributed by atoms with van der Waals surface area (Å²) in [6, 6.07) is 8.21. The number of nitrogens with zero attached hydrogens (tertiary/aromatic N) is 2. The zero-order chi connectivity index (χ0) is 14.7. The number of thiocarbonyl (C=S) groups is 1. The van der Waals surface area contributed by atoms with Gasteiger partial charge in [0.2, 0.25) is 0 Å². The third-order valence-corrected chi connectivity index (χ3v) is 5.04. The van der Waals surface area contributed by atoms with Gasteiger partial charge in [-0.2, -0.15) is 0 Å². The molecule has 1 aromatic carbocycles. The molecule has 1 saturated heterocycles. The molecule has 1 fully saturated rings. The Kier molecular flexibility index (Phi) is 4.67. The second-order valence-corrected chi connectivity index (χ2v) is 6.75. The van der Waals surface area contributed by atoms with Gasteiger partial charge in [0.25, 0.3) is 0 Å². The van der Waals surface area contributed by atoms with Crippen LogP contribution in [0.1, 0.15) is 17.8 Å². The van der Waals surface area contributed by atoms with E-state index in [1.807, 2.05) is 30.1 Å². The number of para-hydroxylation sites is 1. The predicted octanol–water partition coefficient (Wildman–Crippen LogP) is 2.78. The zero-order valence-electron chi connectivity index (χ0n) is 12.0. The summed E-state index contributed by atoms with van der Waals surface area (Å²) in [6.45, 7) is 2.40. The van der Waals surface area contributed by atoms with E-state index < -0.39 is 0 Å². The molecule has 1 N–H and O–H groups in total. The molecular formula is C15H19N3OS2. The van der Waals surface area contributed by atoms with Crippen molar-refractivity contribution in [2.24, 2.45) is 0 Å². The van der Waals surface area contributed by atoms with Crippen molar-refractivity contribution >= 4 is 38.9 Å². The molecule has 0 amide bonds. The Morgan fingerprint density at radius 2 is 2.38 bits per heavy atom. The lowest BCUT2D eigenvalue weighted by atomic mass is 10.2. The van der Waals surface area contributed by atoms with Crippen molar-refractivity contribution in [1.82, 2.24) is 15.2 Å². The van der Waals surface area contributed by atoms with Crippen LogP contribution in [0.4, 0.5) is 0 Å². The number of aromatic nitrogens is 1. The van der Waals surface area contributed by atoms with Crippen LogP contribution in [-0.2, 0) is 11.3 Å². The minimum atomic E-state index is 0.304. The molecule has 112 valence electrons. The maximum atomic E-state index is 5.59. The molecule has 0 saturated carbocycles. The molecule has 0 spiro atoms. The summed E-state index contributed by atoms with van der Waals surface area (Å²) in [4.78, 5) is 6.67. The number of nitrogens with one attached hydrogen (secondary N) is 1. The molecule has 1 aliphatic rings. The molecule has 1 atom stereocenters. The first-order chi connectivity index (χ1) is 10.2. The summed E-state index contributed by atoms with van der Waals surface area (Å²) in [5, 5.41) is 5.13. The lowest BCUT2D eigenvalue weighted by Crippen LogP contribution is -2.40. The molecule has 0 aliphatic carbocycles. The second kappa shape index (κ2) is 6.68. The monoisotopic (exact) mass is 321 g/mol. The molecule has 6 heteroatoms. The highest BCUT2D eigenvalue weighted by Crippen LogP contribution is 2.22. The van der Waals surface area contributed by atoms with Gasteiger partial charge >= 0.3 is 0 Å². The Hall–Kier alpha value is -1.24. The Labute approximate surface area is 134 Å². The van der Waals surface area contributed by atoms with Crippen LogP contribution in [0.15, 0.2) is 24.3 Å². The number of fused-ring (bicyclic) bond motifs is 1. The topological polar surface area (TPSA) is 37.4 Å². The predicted molar refractivity (Wildman–Crippen MR) is 90.7 cm³/mol. The van der Waals surface area contributed by atoms with Crippen LogP contribution >= 0.6 is 23.6 Å². The van der Waals surface area contributed by atoms with E-state index in [0.717, 1.165) is 48.2 Å². The molecular weight excluding hydrogens is 302 g/mol. The van der Waals surface area contributed by atoms with E-state index in [0.29, 0.717) is 6.10 Å². The first kappa shape index (κ1) is 14.7. The van der Waals surface area contributed by atoms with Crippen molar-refractivity contribution in [2.75, 3.05) is 20.2 Å². The molecule has 1 aliphatic heterocycles. The average molecular weight is 321 g/mol. The number of benzene rings is 1. The van der Waals surface area contributed by atoms with E-state index >= 15 is 0 Å². The van der Waals surface area contributed by atoms with Crippen LogP contribution in [0.25, 0.3) is 10.2 Å². The molecule has 1 aromatic heterocycles. The van der Waals surface area contributed by atoms with Crippen LogP contribution in [0.5, 0.6) is 0 Å². The summed E-state index contributed by atoms with van der Waals surface area (Å²) >= 11 is 7.15. The third kappa shape index (κ3) is 3.70. The van der Waals surface area contributed by atoms with Gasteiger partial charge in [0.1, 0.15) is 5.01 Å². The van der Waals surface area contributed by atoms with Gasteiger partial charge < -0.3 is 15.0 Å². The first-order valence-corrected chi connectivity index (χ1v) is 8.40. The lowest BCUT2D eigenvalue weighted by molar-refractivity contribution is 0.113. The molecule has 2 heterocycles. The highest BCUT2D eigenvalue weighted by molar-refractivity contribution is 7.80. The number of hydrogen-bond acceptors (Lipinski definition) is 4. The van der Waals surface area contributed by atoms with Gasteiger partial charge in [-0.25, -0.2) is 4.98 Å².